The van der Waals surface area contributed by atoms with Crippen molar-refractivity contribution in [1.29, 1.82) is 0 Å². The fraction of sp³-hybridized carbons (Fsp3) is 0.200. The van der Waals surface area contributed by atoms with Gasteiger partial charge in [0.1, 0.15) is 10.0 Å². The minimum absolute atomic E-state index is 0.375. The molecule has 0 bridgehead atoms. The number of rotatable bonds is 6. The highest BCUT2D eigenvalue weighted by Crippen LogP contribution is 2.15. The molecule has 3 heterocycles. The standard InChI is InChI=1S/C15H14N6OS2/c23-15(19-9-11-2-1-4-16-8-11)24-7-3-13-20-21-14(22-13)12-10-17-5-6-18-12/h1-2,4-6,8,10H,3,7,9H2,(H,19,23). The van der Waals surface area contributed by atoms with Gasteiger partial charge in [0.05, 0.1) is 6.20 Å². The van der Waals surface area contributed by atoms with Crippen molar-refractivity contribution in [3.63, 3.8) is 0 Å². The van der Waals surface area contributed by atoms with E-state index < -0.39 is 0 Å². The highest BCUT2D eigenvalue weighted by Gasteiger charge is 2.10. The van der Waals surface area contributed by atoms with E-state index in [-0.39, 0.29) is 0 Å². The normalized spacial score (nSPS) is 10.5. The van der Waals surface area contributed by atoms with Crippen LogP contribution in [-0.2, 0) is 13.0 Å². The van der Waals surface area contributed by atoms with E-state index in [4.69, 9.17) is 16.6 Å². The fourth-order valence-electron chi connectivity index (χ4n) is 1.83. The Kier molecular flexibility index (Phi) is 5.80. The van der Waals surface area contributed by atoms with Gasteiger partial charge in [0, 0.05) is 43.5 Å². The lowest BCUT2D eigenvalue weighted by atomic mass is 10.3. The molecular weight excluding hydrogens is 344 g/mol. The number of pyridine rings is 1. The maximum atomic E-state index is 5.57. The molecule has 0 saturated carbocycles. The van der Waals surface area contributed by atoms with Crippen molar-refractivity contribution < 1.29 is 4.42 Å². The van der Waals surface area contributed by atoms with E-state index >= 15 is 0 Å². The lowest BCUT2D eigenvalue weighted by Crippen LogP contribution is -2.18. The molecule has 24 heavy (non-hydrogen) atoms. The SMILES string of the molecule is S=C(NCc1cccnc1)SCCc1nnc(-c2cnccn2)o1. The van der Waals surface area contributed by atoms with Crippen LogP contribution >= 0.6 is 24.0 Å². The average Bonchev–Trinajstić information content (AvgIpc) is 3.11. The molecular formula is C15H14N6OS2. The van der Waals surface area contributed by atoms with E-state index in [9.17, 15) is 0 Å². The summed E-state index contributed by atoms with van der Waals surface area (Å²) in [5, 5.41) is 11.2. The molecule has 0 aliphatic heterocycles. The third kappa shape index (κ3) is 4.80. The molecule has 0 amide bonds. The van der Waals surface area contributed by atoms with Gasteiger partial charge < -0.3 is 9.73 Å². The average molecular weight is 358 g/mol. The first-order valence-electron chi connectivity index (χ1n) is 7.19. The van der Waals surface area contributed by atoms with Gasteiger partial charge >= 0.3 is 0 Å². The van der Waals surface area contributed by atoms with E-state index in [0.717, 1.165) is 15.6 Å². The van der Waals surface area contributed by atoms with Gasteiger partial charge in [0.2, 0.25) is 5.89 Å². The van der Waals surface area contributed by atoms with E-state index in [0.29, 0.717) is 30.4 Å². The van der Waals surface area contributed by atoms with Crippen LogP contribution in [0.5, 0.6) is 0 Å². The number of hydrogen-bond acceptors (Lipinski definition) is 8. The van der Waals surface area contributed by atoms with Gasteiger partial charge in [0.15, 0.2) is 0 Å². The van der Waals surface area contributed by atoms with Crippen molar-refractivity contribution in [1.82, 2.24) is 30.5 Å². The van der Waals surface area contributed by atoms with Gasteiger partial charge in [-0.1, -0.05) is 30.0 Å². The van der Waals surface area contributed by atoms with Crippen molar-refractivity contribution >= 4 is 28.3 Å². The number of aromatic nitrogens is 5. The van der Waals surface area contributed by atoms with Crippen LogP contribution in [0.15, 0.2) is 47.5 Å². The Hall–Kier alpha value is -2.39. The Morgan fingerprint density at radius 3 is 2.88 bits per heavy atom. The Morgan fingerprint density at radius 2 is 2.08 bits per heavy atom. The van der Waals surface area contributed by atoms with Crippen LogP contribution in [0.1, 0.15) is 11.5 Å². The minimum Gasteiger partial charge on any atom is -0.419 e. The lowest BCUT2D eigenvalue weighted by Gasteiger charge is -2.06. The minimum atomic E-state index is 0.375. The number of thiocarbonyl (C=S) groups is 1. The number of thioether (sulfide) groups is 1. The maximum absolute atomic E-state index is 5.57. The van der Waals surface area contributed by atoms with E-state index in [2.05, 4.69) is 30.5 Å². The molecule has 3 aromatic heterocycles. The summed E-state index contributed by atoms with van der Waals surface area (Å²) in [6, 6.07) is 3.90. The molecule has 0 unspecified atom stereocenters. The molecule has 9 heteroatoms. The van der Waals surface area contributed by atoms with E-state index in [1.54, 1.807) is 24.8 Å². The number of nitrogens with zero attached hydrogens (tertiary/aromatic N) is 5. The first kappa shape index (κ1) is 16.5. The number of hydrogen-bond donors (Lipinski definition) is 1. The Morgan fingerprint density at radius 1 is 1.17 bits per heavy atom. The number of aryl methyl sites for hydroxylation is 1. The summed E-state index contributed by atoms with van der Waals surface area (Å²) < 4.78 is 6.30. The summed E-state index contributed by atoms with van der Waals surface area (Å²) in [4.78, 5) is 12.2. The van der Waals surface area contributed by atoms with Crippen LogP contribution in [-0.4, -0.2) is 35.2 Å². The summed E-state index contributed by atoms with van der Waals surface area (Å²) >= 11 is 6.84. The highest BCUT2D eigenvalue weighted by atomic mass is 32.2. The van der Waals surface area contributed by atoms with Crippen molar-refractivity contribution in [3.05, 3.63) is 54.6 Å². The lowest BCUT2D eigenvalue weighted by molar-refractivity contribution is 0.512. The molecule has 0 atom stereocenters. The van der Waals surface area contributed by atoms with Crippen molar-refractivity contribution in [2.45, 2.75) is 13.0 Å². The van der Waals surface area contributed by atoms with E-state index in [1.807, 2.05) is 18.3 Å². The smallest absolute Gasteiger partial charge is 0.267 e. The predicted octanol–water partition coefficient (Wildman–Crippen LogP) is 2.27. The topological polar surface area (TPSA) is 89.6 Å². The molecule has 3 aromatic rings. The summed E-state index contributed by atoms with van der Waals surface area (Å²) in [5.41, 5.74) is 1.66. The van der Waals surface area contributed by atoms with Gasteiger partial charge in [-0.25, -0.2) is 4.98 Å². The number of nitrogens with one attached hydrogen (secondary N) is 1. The van der Waals surface area contributed by atoms with Crippen LogP contribution in [0.25, 0.3) is 11.6 Å². The molecule has 0 aliphatic rings. The van der Waals surface area contributed by atoms with Gasteiger partial charge in [-0.2, -0.15) is 0 Å². The third-order valence-corrected chi connectivity index (χ3v) is 4.27. The first-order valence-corrected chi connectivity index (χ1v) is 8.59. The summed E-state index contributed by atoms with van der Waals surface area (Å²) in [7, 11) is 0. The zero-order valence-corrected chi connectivity index (χ0v) is 14.3. The van der Waals surface area contributed by atoms with Crippen LogP contribution in [0.3, 0.4) is 0 Å². The first-order chi connectivity index (χ1) is 11.8. The highest BCUT2D eigenvalue weighted by molar-refractivity contribution is 8.22. The Balaban J connectivity index is 1.42. The van der Waals surface area contributed by atoms with Crippen molar-refractivity contribution in [2.24, 2.45) is 0 Å². The molecule has 0 aromatic carbocycles. The second kappa shape index (κ2) is 8.46. The Labute approximate surface area is 148 Å². The quantitative estimate of drug-likeness (QED) is 0.666. The third-order valence-electron chi connectivity index (χ3n) is 2.96. The molecule has 0 fully saturated rings. The summed E-state index contributed by atoms with van der Waals surface area (Å²) in [6.07, 6.45) is 8.96. The van der Waals surface area contributed by atoms with Crippen LogP contribution in [0.4, 0.5) is 0 Å². The molecule has 0 aliphatic carbocycles. The van der Waals surface area contributed by atoms with E-state index in [1.165, 1.54) is 11.8 Å². The van der Waals surface area contributed by atoms with Gasteiger partial charge in [0.25, 0.3) is 5.89 Å². The second-order valence-corrected chi connectivity index (χ2v) is 6.46. The molecule has 0 radical (unpaired) electrons. The van der Waals surface area contributed by atoms with Gasteiger partial charge in [-0.3, -0.25) is 9.97 Å². The van der Waals surface area contributed by atoms with Crippen LogP contribution in [0.2, 0.25) is 0 Å². The molecule has 0 spiro atoms. The summed E-state index contributed by atoms with van der Waals surface area (Å²) in [5.74, 6) is 1.68. The van der Waals surface area contributed by atoms with Gasteiger partial charge in [-0.15, -0.1) is 10.2 Å². The predicted molar refractivity (Wildman–Crippen MR) is 95.2 cm³/mol. The van der Waals surface area contributed by atoms with Crippen LogP contribution in [0, 0.1) is 0 Å². The van der Waals surface area contributed by atoms with Gasteiger partial charge in [-0.05, 0) is 11.6 Å². The maximum Gasteiger partial charge on any atom is 0.267 e. The monoisotopic (exact) mass is 358 g/mol. The zero-order chi connectivity index (χ0) is 16.6. The van der Waals surface area contributed by atoms with Crippen LogP contribution < -0.4 is 5.32 Å². The summed E-state index contributed by atoms with van der Waals surface area (Å²) in [6.45, 7) is 0.664. The van der Waals surface area contributed by atoms with Crippen molar-refractivity contribution in [2.75, 3.05) is 5.75 Å². The molecule has 1 N–H and O–H groups in total. The zero-order valence-electron chi connectivity index (χ0n) is 12.6. The largest absolute Gasteiger partial charge is 0.419 e. The second-order valence-electron chi connectivity index (χ2n) is 4.69. The molecule has 122 valence electrons. The Bertz CT molecular complexity index is 781. The van der Waals surface area contributed by atoms with Crippen molar-refractivity contribution in [3.8, 4) is 11.6 Å². The molecule has 0 saturated heterocycles. The molecule has 7 nitrogen and oxygen atoms in total. The fourth-order valence-corrected chi connectivity index (χ4v) is 2.79. The molecule has 3 rings (SSSR count).